The number of hydrogen-bond acceptors (Lipinski definition) is 3. The van der Waals surface area contributed by atoms with Gasteiger partial charge in [-0.3, -0.25) is 9.69 Å². The lowest BCUT2D eigenvalue weighted by molar-refractivity contribution is -0.126. The van der Waals surface area contributed by atoms with Crippen LogP contribution in [0.3, 0.4) is 0 Å². The maximum Gasteiger partial charge on any atom is 0.223 e. The van der Waals surface area contributed by atoms with Gasteiger partial charge in [0.05, 0.1) is 16.6 Å². The Morgan fingerprint density at radius 3 is 2.56 bits per heavy atom. The fourth-order valence-electron chi connectivity index (χ4n) is 3.27. The van der Waals surface area contributed by atoms with Crippen molar-refractivity contribution in [1.29, 1.82) is 0 Å². The molecule has 0 atom stereocenters. The third-order valence-electron chi connectivity index (χ3n) is 4.80. The second-order valence-corrected chi connectivity index (χ2v) is 7.50. The van der Waals surface area contributed by atoms with Gasteiger partial charge < -0.3 is 10.1 Å². The fraction of sp³-hybridized carbons (Fsp3) is 0.381. The number of carbonyl (C=O) groups excluding carboxylic acids is 1. The van der Waals surface area contributed by atoms with Crippen LogP contribution in [0.4, 0.5) is 0 Å². The van der Waals surface area contributed by atoms with Crippen LogP contribution in [0.1, 0.15) is 18.4 Å². The number of hydrogen-bond donors (Lipinski definition) is 1. The first kappa shape index (κ1) is 20.0. The van der Waals surface area contributed by atoms with Gasteiger partial charge in [0.25, 0.3) is 0 Å². The average molecular weight is 407 g/mol. The van der Waals surface area contributed by atoms with Crippen molar-refractivity contribution in [1.82, 2.24) is 10.2 Å². The molecule has 0 unspecified atom stereocenters. The lowest BCUT2D eigenvalue weighted by atomic mass is 9.95. The molecular formula is C21H24Cl2N2O2. The smallest absolute Gasteiger partial charge is 0.223 e. The molecule has 6 heteroatoms. The highest BCUT2D eigenvalue weighted by molar-refractivity contribution is 6.42. The topological polar surface area (TPSA) is 41.6 Å². The summed E-state index contributed by atoms with van der Waals surface area (Å²) in [5, 5.41) is 4.19. The van der Waals surface area contributed by atoms with Crippen molar-refractivity contribution in [3.8, 4) is 5.75 Å². The lowest BCUT2D eigenvalue weighted by Crippen LogP contribution is -2.41. The molecule has 0 saturated carbocycles. The zero-order valence-corrected chi connectivity index (χ0v) is 16.7. The van der Waals surface area contributed by atoms with E-state index in [4.69, 9.17) is 27.9 Å². The Bertz CT molecular complexity index is 747. The van der Waals surface area contributed by atoms with E-state index >= 15 is 0 Å². The van der Waals surface area contributed by atoms with Gasteiger partial charge in [-0.1, -0.05) is 53.5 Å². The first-order valence-corrected chi connectivity index (χ1v) is 10.00. The highest BCUT2D eigenvalue weighted by Gasteiger charge is 2.25. The number of para-hydroxylation sites is 1. The van der Waals surface area contributed by atoms with Crippen LogP contribution in [0.15, 0.2) is 48.5 Å². The molecule has 4 nitrogen and oxygen atoms in total. The van der Waals surface area contributed by atoms with Crippen LogP contribution in [-0.4, -0.2) is 37.0 Å². The number of rotatable bonds is 7. The second-order valence-electron chi connectivity index (χ2n) is 6.72. The molecule has 0 bridgehead atoms. The standard InChI is InChI=1S/C21H24Cl2N2O2/c22-19-8-4-5-17(20(19)23)15-25-12-9-16(10-13-25)21(26)24-11-14-27-18-6-2-1-3-7-18/h1-8,16H,9-15H2,(H,24,26). The molecular weight excluding hydrogens is 383 g/mol. The van der Waals surface area contributed by atoms with Gasteiger partial charge in [-0.2, -0.15) is 0 Å². The minimum atomic E-state index is 0.0628. The molecule has 1 aliphatic rings. The molecule has 0 radical (unpaired) electrons. The van der Waals surface area contributed by atoms with Crippen molar-refractivity contribution in [2.24, 2.45) is 5.92 Å². The third kappa shape index (κ3) is 5.86. The van der Waals surface area contributed by atoms with Crippen molar-refractivity contribution >= 4 is 29.1 Å². The molecule has 1 saturated heterocycles. The maximum atomic E-state index is 12.3. The van der Waals surface area contributed by atoms with E-state index < -0.39 is 0 Å². The number of ether oxygens (including phenoxy) is 1. The van der Waals surface area contributed by atoms with Gasteiger partial charge in [0.15, 0.2) is 0 Å². The number of halogens is 2. The molecule has 2 aromatic carbocycles. The molecule has 1 heterocycles. The molecule has 1 aliphatic heterocycles. The highest BCUT2D eigenvalue weighted by atomic mass is 35.5. The Labute approximate surface area is 170 Å². The van der Waals surface area contributed by atoms with Gasteiger partial charge >= 0.3 is 0 Å². The van der Waals surface area contributed by atoms with Crippen LogP contribution in [0.25, 0.3) is 0 Å². The van der Waals surface area contributed by atoms with Crippen LogP contribution < -0.4 is 10.1 Å². The Kier molecular flexibility index (Phi) is 7.39. The summed E-state index contributed by atoms with van der Waals surface area (Å²) in [7, 11) is 0. The monoisotopic (exact) mass is 406 g/mol. The second kappa shape index (κ2) is 9.98. The van der Waals surface area contributed by atoms with Crippen molar-refractivity contribution in [2.75, 3.05) is 26.2 Å². The summed E-state index contributed by atoms with van der Waals surface area (Å²) in [6.07, 6.45) is 1.70. The maximum absolute atomic E-state index is 12.3. The van der Waals surface area contributed by atoms with E-state index in [-0.39, 0.29) is 11.8 Å². The van der Waals surface area contributed by atoms with Gasteiger partial charge in [0.2, 0.25) is 5.91 Å². The summed E-state index contributed by atoms with van der Waals surface area (Å²) in [4.78, 5) is 14.7. The lowest BCUT2D eigenvalue weighted by Gasteiger charge is -2.31. The van der Waals surface area contributed by atoms with Gasteiger partial charge in [0, 0.05) is 12.5 Å². The minimum absolute atomic E-state index is 0.0628. The fourth-order valence-corrected chi connectivity index (χ4v) is 3.65. The molecule has 1 amide bonds. The van der Waals surface area contributed by atoms with Crippen LogP contribution in [0.2, 0.25) is 10.0 Å². The first-order chi connectivity index (χ1) is 13.1. The van der Waals surface area contributed by atoms with E-state index in [2.05, 4.69) is 10.2 Å². The first-order valence-electron chi connectivity index (χ1n) is 9.24. The molecule has 1 N–H and O–H groups in total. The summed E-state index contributed by atoms with van der Waals surface area (Å²) < 4.78 is 5.60. The van der Waals surface area contributed by atoms with Gasteiger partial charge in [-0.25, -0.2) is 0 Å². The van der Waals surface area contributed by atoms with E-state index in [1.54, 1.807) is 6.07 Å². The summed E-state index contributed by atoms with van der Waals surface area (Å²) in [5.41, 5.74) is 1.03. The highest BCUT2D eigenvalue weighted by Crippen LogP contribution is 2.28. The Hall–Kier alpha value is -1.75. The number of nitrogens with zero attached hydrogens (tertiary/aromatic N) is 1. The van der Waals surface area contributed by atoms with Crippen LogP contribution in [-0.2, 0) is 11.3 Å². The average Bonchev–Trinajstić information content (AvgIpc) is 2.70. The van der Waals surface area contributed by atoms with Gasteiger partial charge in [0.1, 0.15) is 12.4 Å². The Balaban J connectivity index is 1.37. The number of amides is 1. The largest absolute Gasteiger partial charge is 0.492 e. The SMILES string of the molecule is O=C(NCCOc1ccccc1)C1CCN(Cc2cccc(Cl)c2Cl)CC1. The third-order valence-corrected chi connectivity index (χ3v) is 5.66. The van der Waals surface area contributed by atoms with Crippen molar-refractivity contribution < 1.29 is 9.53 Å². The minimum Gasteiger partial charge on any atom is -0.492 e. The normalized spacial score (nSPS) is 15.5. The van der Waals surface area contributed by atoms with Crippen molar-refractivity contribution in [3.63, 3.8) is 0 Å². The Morgan fingerprint density at radius 1 is 1.07 bits per heavy atom. The molecule has 144 valence electrons. The van der Waals surface area contributed by atoms with E-state index in [1.165, 1.54) is 0 Å². The van der Waals surface area contributed by atoms with E-state index in [0.717, 1.165) is 43.8 Å². The summed E-state index contributed by atoms with van der Waals surface area (Å²) in [5.74, 6) is 1.000. The molecule has 1 fully saturated rings. The number of nitrogens with one attached hydrogen (secondary N) is 1. The van der Waals surface area contributed by atoms with E-state index in [0.29, 0.717) is 23.2 Å². The zero-order valence-electron chi connectivity index (χ0n) is 15.2. The molecule has 0 aromatic heterocycles. The van der Waals surface area contributed by atoms with Crippen LogP contribution in [0.5, 0.6) is 5.75 Å². The van der Waals surface area contributed by atoms with Crippen molar-refractivity contribution in [3.05, 3.63) is 64.1 Å². The Morgan fingerprint density at radius 2 is 1.81 bits per heavy atom. The number of piperidine rings is 1. The van der Waals surface area contributed by atoms with Crippen LogP contribution in [0, 0.1) is 5.92 Å². The summed E-state index contributed by atoms with van der Waals surface area (Å²) in [6, 6.07) is 15.3. The van der Waals surface area contributed by atoms with Crippen LogP contribution >= 0.6 is 23.2 Å². The predicted molar refractivity (Wildman–Crippen MR) is 109 cm³/mol. The van der Waals surface area contributed by atoms with Crippen molar-refractivity contribution in [2.45, 2.75) is 19.4 Å². The number of carbonyl (C=O) groups is 1. The number of likely N-dealkylation sites (tertiary alicyclic amines) is 1. The van der Waals surface area contributed by atoms with E-state index in [9.17, 15) is 4.79 Å². The molecule has 0 aliphatic carbocycles. The van der Waals surface area contributed by atoms with E-state index in [1.807, 2.05) is 42.5 Å². The zero-order chi connectivity index (χ0) is 19.1. The quantitative estimate of drug-likeness (QED) is 0.692. The number of benzene rings is 2. The van der Waals surface area contributed by atoms with Gasteiger partial charge in [-0.05, 0) is 49.7 Å². The summed E-state index contributed by atoms with van der Waals surface area (Å²) >= 11 is 12.4. The molecule has 3 rings (SSSR count). The summed E-state index contributed by atoms with van der Waals surface area (Å²) in [6.45, 7) is 3.51. The molecule has 0 spiro atoms. The molecule has 27 heavy (non-hydrogen) atoms. The molecule has 2 aromatic rings. The predicted octanol–water partition coefficient (Wildman–Crippen LogP) is 4.40. The van der Waals surface area contributed by atoms with Gasteiger partial charge in [-0.15, -0.1) is 0 Å².